The van der Waals surface area contributed by atoms with Gasteiger partial charge in [0, 0.05) is 21.7 Å². The summed E-state index contributed by atoms with van der Waals surface area (Å²) in [6.45, 7) is 2.00. The predicted octanol–water partition coefficient (Wildman–Crippen LogP) is 2.36. The quantitative estimate of drug-likeness (QED) is 0.573. The van der Waals surface area contributed by atoms with E-state index in [2.05, 4.69) is 0 Å². The van der Waals surface area contributed by atoms with Crippen LogP contribution in [0.2, 0.25) is 0 Å². The summed E-state index contributed by atoms with van der Waals surface area (Å²) in [4.78, 5) is 14.2. The van der Waals surface area contributed by atoms with Gasteiger partial charge in [-0.15, -0.1) is 11.3 Å². The molecular formula is C8H6OS2. The first-order valence-corrected chi connectivity index (χ1v) is 4.58. The van der Waals surface area contributed by atoms with Gasteiger partial charge in [-0.3, -0.25) is 4.79 Å². The molecule has 0 N–H and O–H groups in total. The van der Waals surface area contributed by atoms with Crippen LogP contribution in [-0.4, -0.2) is 10.6 Å². The molecule has 3 heteroatoms. The zero-order valence-corrected chi connectivity index (χ0v) is 7.64. The Balaban J connectivity index is 2.67. The molecule has 56 valence electrons. The molecule has 0 saturated heterocycles. The van der Waals surface area contributed by atoms with Gasteiger partial charge in [0.05, 0.1) is 4.88 Å². The summed E-state index contributed by atoms with van der Waals surface area (Å²) >= 11 is 6.68. The second kappa shape index (κ2) is 2.22. The van der Waals surface area contributed by atoms with Crippen molar-refractivity contribution in [2.75, 3.05) is 0 Å². The van der Waals surface area contributed by atoms with Gasteiger partial charge in [0.25, 0.3) is 0 Å². The molecule has 1 aromatic rings. The molecule has 0 amide bonds. The van der Waals surface area contributed by atoms with E-state index < -0.39 is 0 Å². The SMILES string of the molecule is Cc1cc2c(s1)C(=S)CC2=O. The van der Waals surface area contributed by atoms with Crippen molar-refractivity contribution in [2.24, 2.45) is 0 Å². The monoisotopic (exact) mass is 182 g/mol. The Bertz CT molecular complexity index is 317. The third-order valence-electron chi connectivity index (χ3n) is 1.73. The van der Waals surface area contributed by atoms with Crippen molar-refractivity contribution < 1.29 is 4.79 Å². The molecule has 11 heavy (non-hydrogen) atoms. The van der Waals surface area contributed by atoms with Crippen LogP contribution in [-0.2, 0) is 0 Å². The van der Waals surface area contributed by atoms with Gasteiger partial charge >= 0.3 is 0 Å². The molecule has 0 atom stereocenters. The molecule has 0 fully saturated rings. The minimum Gasteiger partial charge on any atom is -0.294 e. The van der Waals surface area contributed by atoms with Crippen molar-refractivity contribution in [1.29, 1.82) is 0 Å². The fourth-order valence-corrected chi connectivity index (χ4v) is 2.58. The topological polar surface area (TPSA) is 17.1 Å². The maximum absolute atomic E-state index is 11.2. The van der Waals surface area contributed by atoms with Gasteiger partial charge in [0.2, 0.25) is 0 Å². The minimum absolute atomic E-state index is 0.189. The van der Waals surface area contributed by atoms with E-state index in [0.29, 0.717) is 6.42 Å². The third-order valence-corrected chi connectivity index (χ3v) is 3.32. The van der Waals surface area contributed by atoms with E-state index in [-0.39, 0.29) is 5.78 Å². The van der Waals surface area contributed by atoms with Gasteiger partial charge < -0.3 is 0 Å². The molecule has 1 aliphatic carbocycles. The summed E-state index contributed by atoms with van der Waals surface area (Å²) in [6, 6.07) is 1.93. The number of thiocarbonyl (C=S) groups is 1. The molecule has 0 spiro atoms. The highest BCUT2D eigenvalue weighted by Gasteiger charge is 2.26. The normalized spacial score (nSPS) is 15.7. The number of rotatable bonds is 0. The second-order valence-corrected chi connectivity index (χ2v) is 4.37. The number of aryl methyl sites for hydroxylation is 1. The van der Waals surface area contributed by atoms with Crippen LogP contribution in [0.4, 0.5) is 0 Å². The van der Waals surface area contributed by atoms with Crippen molar-refractivity contribution in [1.82, 2.24) is 0 Å². The Kier molecular flexibility index (Phi) is 1.44. The summed E-state index contributed by atoms with van der Waals surface area (Å²) in [5, 5.41) is 0. The standard InChI is InChI=1S/C8H6OS2/c1-4-2-5-6(9)3-7(10)8(5)11-4/h2H,3H2,1H3. The van der Waals surface area contributed by atoms with Crippen molar-refractivity contribution >= 4 is 34.2 Å². The van der Waals surface area contributed by atoms with Crippen LogP contribution in [0.5, 0.6) is 0 Å². The van der Waals surface area contributed by atoms with E-state index in [1.54, 1.807) is 11.3 Å². The first-order chi connectivity index (χ1) is 5.18. The number of thiophene rings is 1. The lowest BCUT2D eigenvalue weighted by Gasteiger charge is -1.84. The Morgan fingerprint density at radius 3 is 3.00 bits per heavy atom. The van der Waals surface area contributed by atoms with Gasteiger partial charge in [-0.2, -0.15) is 0 Å². The smallest absolute Gasteiger partial charge is 0.169 e. The third kappa shape index (κ3) is 0.957. The highest BCUT2D eigenvalue weighted by molar-refractivity contribution is 7.81. The van der Waals surface area contributed by atoms with Gasteiger partial charge in [-0.05, 0) is 13.0 Å². The molecule has 1 heterocycles. The lowest BCUT2D eigenvalue weighted by atomic mass is 10.2. The minimum atomic E-state index is 0.189. The van der Waals surface area contributed by atoms with Crippen LogP contribution in [0.15, 0.2) is 6.07 Å². The highest BCUT2D eigenvalue weighted by atomic mass is 32.1. The van der Waals surface area contributed by atoms with Crippen LogP contribution in [0.25, 0.3) is 0 Å². The largest absolute Gasteiger partial charge is 0.294 e. The molecule has 1 nitrogen and oxygen atoms in total. The van der Waals surface area contributed by atoms with E-state index in [9.17, 15) is 4.79 Å². The van der Waals surface area contributed by atoms with E-state index in [1.807, 2.05) is 13.0 Å². The Morgan fingerprint density at radius 1 is 1.64 bits per heavy atom. The zero-order valence-electron chi connectivity index (χ0n) is 6.01. The summed E-state index contributed by atoms with van der Waals surface area (Å²) in [5.74, 6) is 0.189. The molecule has 0 aliphatic heterocycles. The second-order valence-electron chi connectivity index (χ2n) is 2.62. The van der Waals surface area contributed by atoms with Gasteiger partial charge in [0.1, 0.15) is 0 Å². The van der Waals surface area contributed by atoms with Crippen LogP contribution in [0.3, 0.4) is 0 Å². The molecule has 1 aliphatic rings. The Hall–Kier alpha value is -0.540. The molecule has 0 aromatic carbocycles. The van der Waals surface area contributed by atoms with Crippen molar-refractivity contribution in [3.05, 3.63) is 21.4 Å². The highest BCUT2D eigenvalue weighted by Crippen LogP contribution is 2.30. The Labute approximate surface area is 74.0 Å². The average molecular weight is 182 g/mol. The summed E-state index contributed by atoms with van der Waals surface area (Å²) in [6.07, 6.45) is 0.455. The number of fused-ring (bicyclic) bond motifs is 1. The Morgan fingerprint density at radius 2 is 2.36 bits per heavy atom. The molecular weight excluding hydrogens is 176 g/mol. The molecule has 1 aromatic heterocycles. The lowest BCUT2D eigenvalue weighted by molar-refractivity contribution is 0.101. The molecule has 2 rings (SSSR count). The molecule has 0 saturated carbocycles. The summed E-state index contributed by atoms with van der Waals surface area (Å²) in [7, 11) is 0. The van der Waals surface area contributed by atoms with Crippen LogP contribution >= 0.6 is 23.6 Å². The fourth-order valence-electron chi connectivity index (χ4n) is 1.25. The fraction of sp³-hybridized carbons (Fsp3) is 0.250. The number of hydrogen-bond acceptors (Lipinski definition) is 3. The molecule has 0 radical (unpaired) electrons. The maximum Gasteiger partial charge on any atom is 0.169 e. The number of Topliss-reactive ketones (excluding diaryl/α,β-unsaturated/α-hetero) is 1. The first kappa shape index (κ1) is 7.13. The van der Waals surface area contributed by atoms with Crippen LogP contribution in [0, 0.1) is 6.92 Å². The van der Waals surface area contributed by atoms with Crippen LogP contribution < -0.4 is 0 Å². The number of carbonyl (C=O) groups excluding carboxylic acids is 1. The van der Waals surface area contributed by atoms with Crippen molar-refractivity contribution in [2.45, 2.75) is 13.3 Å². The summed E-state index contributed by atoms with van der Waals surface area (Å²) < 4.78 is 0. The van der Waals surface area contributed by atoms with Crippen LogP contribution in [0.1, 0.15) is 26.5 Å². The number of hydrogen-bond donors (Lipinski definition) is 0. The van der Waals surface area contributed by atoms with Gasteiger partial charge in [-0.1, -0.05) is 12.2 Å². The lowest BCUT2D eigenvalue weighted by Crippen LogP contribution is -1.90. The summed E-state index contributed by atoms with van der Waals surface area (Å²) in [5.41, 5.74) is 0.845. The van der Waals surface area contributed by atoms with E-state index in [0.717, 1.165) is 15.3 Å². The van der Waals surface area contributed by atoms with Crippen molar-refractivity contribution in [3.63, 3.8) is 0 Å². The van der Waals surface area contributed by atoms with Crippen molar-refractivity contribution in [3.8, 4) is 0 Å². The molecule has 0 bridgehead atoms. The van der Waals surface area contributed by atoms with Gasteiger partial charge in [0.15, 0.2) is 5.78 Å². The number of carbonyl (C=O) groups is 1. The van der Waals surface area contributed by atoms with E-state index in [1.165, 1.54) is 4.88 Å². The van der Waals surface area contributed by atoms with E-state index in [4.69, 9.17) is 12.2 Å². The average Bonchev–Trinajstić information content (AvgIpc) is 2.38. The van der Waals surface area contributed by atoms with E-state index >= 15 is 0 Å². The number of ketones is 1. The molecule has 0 unspecified atom stereocenters. The predicted molar refractivity (Wildman–Crippen MR) is 49.7 cm³/mol. The zero-order chi connectivity index (χ0) is 8.01. The maximum atomic E-state index is 11.2. The first-order valence-electron chi connectivity index (χ1n) is 3.35. The van der Waals surface area contributed by atoms with Gasteiger partial charge in [-0.25, -0.2) is 0 Å².